The summed E-state index contributed by atoms with van der Waals surface area (Å²) < 4.78 is 5.18. The molecule has 0 spiro atoms. The van der Waals surface area contributed by atoms with E-state index in [-0.39, 0.29) is 11.6 Å². The van der Waals surface area contributed by atoms with Crippen molar-refractivity contribution in [2.75, 3.05) is 13.7 Å². The smallest absolute Gasteiger partial charge is 0.260 e. The zero-order chi connectivity index (χ0) is 16.6. The second-order valence-corrected chi connectivity index (χ2v) is 7.98. The van der Waals surface area contributed by atoms with Crippen LogP contribution < -0.4 is 10.9 Å². The van der Waals surface area contributed by atoms with Crippen molar-refractivity contribution in [3.63, 3.8) is 0 Å². The molecule has 0 unspecified atom stereocenters. The molecule has 0 bridgehead atoms. The van der Waals surface area contributed by atoms with Gasteiger partial charge in [0.15, 0.2) is 5.82 Å². The average Bonchev–Trinajstić information content (AvgIpc) is 2.84. The highest BCUT2D eigenvalue weighted by molar-refractivity contribution is 7.18. The van der Waals surface area contributed by atoms with E-state index < -0.39 is 0 Å². The van der Waals surface area contributed by atoms with Crippen molar-refractivity contribution >= 4 is 21.6 Å². The van der Waals surface area contributed by atoms with Gasteiger partial charge in [0.05, 0.1) is 12.0 Å². The number of H-pyrrole nitrogens is 1. The molecule has 3 rings (SSSR count). The fourth-order valence-corrected chi connectivity index (χ4v) is 4.87. The topological polar surface area (TPSA) is 71.6 Å². The largest absolute Gasteiger partial charge is 0.379 e. The molecule has 0 fully saturated rings. The minimum absolute atomic E-state index is 0.0247. The lowest BCUT2D eigenvalue weighted by atomic mass is 9.89. The van der Waals surface area contributed by atoms with Gasteiger partial charge in [-0.3, -0.25) is 4.79 Å². The third-order valence-electron chi connectivity index (χ3n) is 4.66. The molecule has 0 radical (unpaired) electrons. The molecule has 3 N–H and O–H groups in total. The van der Waals surface area contributed by atoms with E-state index in [9.17, 15) is 4.79 Å². The number of aryl methyl sites for hydroxylation is 1. The summed E-state index contributed by atoms with van der Waals surface area (Å²) >= 11 is 1.71. The van der Waals surface area contributed by atoms with E-state index in [4.69, 9.17) is 9.72 Å². The molecule has 0 saturated carbocycles. The summed E-state index contributed by atoms with van der Waals surface area (Å²) in [5, 5.41) is 3.02. The molecule has 2 aromatic heterocycles. The number of nitrogens with one attached hydrogen (secondary N) is 1. The minimum atomic E-state index is 0.0247. The summed E-state index contributed by atoms with van der Waals surface area (Å²) in [6.45, 7) is 7.15. The van der Waals surface area contributed by atoms with E-state index in [1.54, 1.807) is 18.4 Å². The van der Waals surface area contributed by atoms with Crippen LogP contribution in [0.3, 0.4) is 0 Å². The Morgan fingerprint density at radius 2 is 2.26 bits per heavy atom. The van der Waals surface area contributed by atoms with Gasteiger partial charge in [0.25, 0.3) is 5.56 Å². The SMILES string of the molecule is COC[C@H](C)[NH2+][C@H](C)c1nc2sc3c(c2c(=O)[nH]1)CC[C@@H](C)C3. The highest BCUT2D eigenvalue weighted by atomic mass is 32.1. The van der Waals surface area contributed by atoms with Gasteiger partial charge in [-0.15, -0.1) is 11.3 Å². The molecule has 0 aromatic carbocycles. The molecule has 0 saturated heterocycles. The number of ether oxygens (including phenoxy) is 1. The van der Waals surface area contributed by atoms with E-state index in [0.29, 0.717) is 18.6 Å². The van der Waals surface area contributed by atoms with Crippen LogP contribution in [-0.2, 0) is 17.6 Å². The highest BCUT2D eigenvalue weighted by Crippen LogP contribution is 2.35. The molecule has 23 heavy (non-hydrogen) atoms. The van der Waals surface area contributed by atoms with Crippen LogP contribution in [0.15, 0.2) is 4.79 Å². The maximum Gasteiger partial charge on any atom is 0.260 e. The third kappa shape index (κ3) is 3.34. The Balaban J connectivity index is 1.94. The third-order valence-corrected chi connectivity index (χ3v) is 5.81. The number of thiophene rings is 1. The zero-order valence-corrected chi connectivity index (χ0v) is 15.1. The summed E-state index contributed by atoms with van der Waals surface area (Å²) in [4.78, 5) is 22.7. The summed E-state index contributed by atoms with van der Waals surface area (Å²) in [6, 6.07) is 0.434. The molecule has 0 aliphatic heterocycles. The molecule has 126 valence electrons. The monoisotopic (exact) mass is 336 g/mol. The Labute approximate surface area is 140 Å². The van der Waals surface area contributed by atoms with Gasteiger partial charge in [-0.25, -0.2) is 4.98 Å². The van der Waals surface area contributed by atoms with E-state index >= 15 is 0 Å². The number of aromatic amines is 1. The summed E-state index contributed by atoms with van der Waals surface area (Å²) in [7, 11) is 1.71. The Morgan fingerprint density at radius 3 is 3.00 bits per heavy atom. The number of aromatic nitrogens is 2. The number of methoxy groups -OCH3 is 1. The van der Waals surface area contributed by atoms with Crippen LogP contribution in [0.1, 0.15) is 49.5 Å². The molecule has 2 heterocycles. The van der Waals surface area contributed by atoms with Gasteiger partial charge in [-0.1, -0.05) is 6.92 Å². The zero-order valence-electron chi connectivity index (χ0n) is 14.3. The van der Waals surface area contributed by atoms with Gasteiger partial charge in [0, 0.05) is 12.0 Å². The Morgan fingerprint density at radius 1 is 1.48 bits per heavy atom. The summed E-state index contributed by atoms with van der Waals surface area (Å²) in [5.41, 5.74) is 1.27. The maximum absolute atomic E-state index is 12.6. The molecule has 1 aliphatic rings. The van der Waals surface area contributed by atoms with Crippen molar-refractivity contribution in [2.24, 2.45) is 5.92 Å². The molecular weight excluding hydrogens is 310 g/mol. The van der Waals surface area contributed by atoms with Gasteiger partial charge in [-0.2, -0.15) is 0 Å². The van der Waals surface area contributed by atoms with E-state index in [1.807, 2.05) is 0 Å². The Hall–Kier alpha value is -1.24. The number of quaternary nitrogens is 1. The number of rotatable bonds is 5. The lowest BCUT2D eigenvalue weighted by Gasteiger charge is -2.17. The molecule has 1 aliphatic carbocycles. The average molecular weight is 336 g/mol. The predicted octanol–water partition coefficient (Wildman–Crippen LogP) is 1.77. The standard InChI is InChI=1S/C17H25N3O2S/c1-9-5-6-12-13(7-9)23-17-14(12)16(21)19-15(20-17)11(3)18-10(2)8-22-4/h9-11,18H,5-8H2,1-4H3,(H,19,20,21)/p+1/t9-,10+,11-/m1/s1. The van der Waals surface area contributed by atoms with Gasteiger partial charge in [0.1, 0.15) is 16.9 Å². The van der Waals surface area contributed by atoms with Crippen LogP contribution in [0.4, 0.5) is 0 Å². The molecule has 2 aromatic rings. The second kappa shape index (κ2) is 6.71. The van der Waals surface area contributed by atoms with Crippen molar-refractivity contribution in [1.82, 2.24) is 9.97 Å². The summed E-state index contributed by atoms with van der Waals surface area (Å²) in [6.07, 6.45) is 3.25. The fraction of sp³-hybridized carbons (Fsp3) is 0.647. The van der Waals surface area contributed by atoms with Crippen molar-refractivity contribution in [3.05, 3.63) is 26.6 Å². The van der Waals surface area contributed by atoms with Gasteiger partial charge in [0.2, 0.25) is 0 Å². The minimum Gasteiger partial charge on any atom is -0.379 e. The van der Waals surface area contributed by atoms with Crippen LogP contribution in [0, 0.1) is 5.92 Å². The number of hydrogen-bond acceptors (Lipinski definition) is 4. The first-order chi connectivity index (χ1) is 11.0. The lowest BCUT2D eigenvalue weighted by Crippen LogP contribution is -2.90. The van der Waals surface area contributed by atoms with E-state index in [0.717, 1.165) is 28.9 Å². The highest BCUT2D eigenvalue weighted by Gasteiger charge is 2.24. The molecular formula is C17H26N3O2S+. The number of hydrogen-bond donors (Lipinski definition) is 2. The van der Waals surface area contributed by atoms with Gasteiger partial charge >= 0.3 is 0 Å². The predicted molar refractivity (Wildman–Crippen MR) is 93.1 cm³/mol. The summed E-state index contributed by atoms with van der Waals surface area (Å²) in [5.74, 6) is 1.47. The van der Waals surface area contributed by atoms with Crippen molar-refractivity contribution in [2.45, 2.75) is 52.1 Å². The van der Waals surface area contributed by atoms with Crippen LogP contribution in [0.25, 0.3) is 10.2 Å². The van der Waals surface area contributed by atoms with Crippen molar-refractivity contribution in [1.29, 1.82) is 0 Å². The molecule has 0 amide bonds. The number of fused-ring (bicyclic) bond motifs is 3. The van der Waals surface area contributed by atoms with Crippen LogP contribution in [0.5, 0.6) is 0 Å². The normalized spacial score (nSPS) is 20.4. The number of nitrogens with two attached hydrogens (primary N) is 1. The van der Waals surface area contributed by atoms with E-state index in [2.05, 4.69) is 31.1 Å². The van der Waals surface area contributed by atoms with E-state index in [1.165, 1.54) is 16.9 Å². The van der Waals surface area contributed by atoms with Gasteiger partial charge in [-0.05, 0) is 44.6 Å². The lowest BCUT2D eigenvalue weighted by molar-refractivity contribution is -0.724. The van der Waals surface area contributed by atoms with Gasteiger partial charge < -0.3 is 15.0 Å². The maximum atomic E-state index is 12.6. The Bertz CT molecular complexity index is 752. The second-order valence-electron chi connectivity index (χ2n) is 6.90. The molecule has 3 atom stereocenters. The first kappa shape index (κ1) is 16.6. The Kier molecular flexibility index (Phi) is 4.85. The van der Waals surface area contributed by atoms with Crippen LogP contribution in [0.2, 0.25) is 0 Å². The van der Waals surface area contributed by atoms with Crippen LogP contribution in [-0.4, -0.2) is 29.7 Å². The molecule has 6 heteroatoms. The molecule has 5 nitrogen and oxygen atoms in total. The fourth-order valence-electron chi connectivity index (χ4n) is 3.48. The quantitative estimate of drug-likeness (QED) is 0.874. The first-order valence-electron chi connectivity index (χ1n) is 8.38. The first-order valence-corrected chi connectivity index (χ1v) is 9.19. The van der Waals surface area contributed by atoms with Crippen LogP contribution >= 0.6 is 11.3 Å². The van der Waals surface area contributed by atoms with Crippen molar-refractivity contribution in [3.8, 4) is 0 Å². The van der Waals surface area contributed by atoms with Crippen molar-refractivity contribution < 1.29 is 10.1 Å². The number of nitrogens with zero attached hydrogens (tertiary/aromatic N) is 1.